The second kappa shape index (κ2) is 7.48. The number of halogens is 1. The quantitative estimate of drug-likeness (QED) is 0.810. The lowest BCUT2D eigenvalue weighted by atomic mass is 9.98. The molecule has 2 heterocycles. The van der Waals surface area contributed by atoms with Gasteiger partial charge in [0.1, 0.15) is 11.5 Å². The van der Waals surface area contributed by atoms with Gasteiger partial charge in [0.15, 0.2) is 0 Å². The summed E-state index contributed by atoms with van der Waals surface area (Å²) in [4.78, 5) is 0. The Morgan fingerprint density at radius 3 is 2.76 bits per heavy atom. The first-order chi connectivity index (χ1) is 12.3. The maximum atomic E-state index is 6.54. The van der Waals surface area contributed by atoms with Gasteiger partial charge >= 0.3 is 0 Å². The van der Waals surface area contributed by atoms with Crippen LogP contribution < -0.4 is 5.32 Å². The molecule has 1 aromatic carbocycles. The summed E-state index contributed by atoms with van der Waals surface area (Å²) >= 11 is 6.54. The minimum Gasteiger partial charge on any atom is -0.373 e. The Morgan fingerprint density at radius 1 is 1.24 bits per heavy atom. The zero-order valence-corrected chi connectivity index (χ0v) is 15.4. The fourth-order valence-electron chi connectivity index (χ4n) is 3.62. The molecule has 0 radical (unpaired) electrons. The van der Waals surface area contributed by atoms with Crippen LogP contribution in [0.5, 0.6) is 0 Å². The smallest absolute Gasteiger partial charge is 0.145 e. The number of nitrogens with one attached hydrogen (secondary N) is 1. The Hall–Kier alpha value is -1.36. The molecule has 2 fully saturated rings. The van der Waals surface area contributed by atoms with Crippen molar-refractivity contribution in [1.29, 1.82) is 0 Å². The fraction of sp³-hybridized carbons (Fsp3) is 0.550. The molecule has 0 unspecified atom stereocenters. The van der Waals surface area contributed by atoms with Crippen LogP contribution in [0.15, 0.2) is 22.7 Å². The van der Waals surface area contributed by atoms with Crippen LogP contribution in [0.2, 0.25) is 5.02 Å². The van der Waals surface area contributed by atoms with Crippen molar-refractivity contribution >= 4 is 11.6 Å². The summed E-state index contributed by atoms with van der Waals surface area (Å²) in [5.74, 6) is 1.51. The zero-order valence-electron chi connectivity index (χ0n) is 14.7. The second-order valence-corrected chi connectivity index (χ2v) is 7.44. The average Bonchev–Trinajstić information content (AvgIpc) is 3.41. The van der Waals surface area contributed by atoms with Gasteiger partial charge < -0.3 is 14.6 Å². The highest BCUT2D eigenvalue weighted by Crippen LogP contribution is 2.45. The van der Waals surface area contributed by atoms with Gasteiger partial charge in [0, 0.05) is 17.0 Å². The first-order valence-electron chi connectivity index (χ1n) is 9.36. The van der Waals surface area contributed by atoms with E-state index in [1.165, 1.54) is 18.4 Å². The summed E-state index contributed by atoms with van der Waals surface area (Å²) in [5.41, 5.74) is 4.18. The molecule has 1 saturated carbocycles. The predicted octanol–water partition coefficient (Wildman–Crippen LogP) is 4.70. The lowest BCUT2D eigenvalue weighted by Crippen LogP contribution is -2.32. The van der Waals surface area contributed by atoms with Crippen LogP contribution in [0, 0.1) is 0 Å². The number of rotatable bonds is 6. The number of aromatic nitrogens is 1. The third-order valence-electron chi connectivity index (χ3n) is 5.23. The molecule has 1 saturated heterocycles. The summed E-state index contributed by atoms with van der Waals surface area (Å²) in [6, 6.07) is 6.04. The molecule has 1 aliphatic carbocycles. The minimum absolute atomic E-state index is 0.313. The molecular weight excluding hydrogens is 336 g/mol. The van der Waals surface area contributed by atoms with Crippen molar-refractivity contribution in [3.8, 4) is 11.3 Å². The molecule has 4 rings (SSSR count). The van der Waals surface area contributed by atoms with E-state index in [9.17, 15) is 0 Å². The Bertz CT molecular complexity index is 733. The van der Waals surface area contributed by atoms with Crippen LogP contribution in [0.1, 0.15) is 55.4 Å². The molecule has 0 amide bonds. The molecule has 25 heavy (non-hydrogen) atoms. The first-order valence-corrected chi connectivity index (χ1v) is 9.74. The van der Waals surface area contributed by atoms with Gasteiger partial charge in [0.25, 0.3) is 0 Å². The number of hydrogen-bond donors (Lipinski definition) is 1. The molecule has 0 bridgehead atoms. The lowest BCUT2D eigenvalue weighted by molar-refractivity contribution is 0.0207. The van der Waals surface area contributed by atoms with Crippen LogP contribution in [0.25, 0.3) is 11.3 Å². The Balaban J connectivity index is 1.66. The van der Waals surface area contributed by atoms with Crippen LogP contribution in [-0.4, -0.2) is 24.4 Å². The SMILES string of the molecule is CCc1cccc(Cl)c1-c1noc(C2CC2)c1COC1CCNCC1. The van der Waals surface area contributed by atoms with E-state index >= 15 is 0 Å². The van der Waals surface area contributed by atoms with Crippen molar-refractivity contribution in [3.05, 3.63) is 40.1 Å². The molecular formula is C20H25ClN2O2. The number of hydrogen-bond acceptors (Lipinski definition) is 4. The van der Waals surface area contributed by atoms with Gasteiger partial charge in [-0.1, -0.05) is 35.8 Å². The van der Waals surface area contributed by atoms with E-state index in [-0.39, 0.29) is 0 Å². The topological polar surface area (TPSA) is 47.3 Å². The normalized spacial score (nSPS) is 18.6. The number of ether oxygens (including phenoxy) is 1. The van der Waals surface area contributed by atoms with Crippen LogP contribution in [0.3, 0.4) is 0 Å². The molecule has 4 nitrogen and oxygen atoms in total. The predicted molar refractivity (Wildman–Crippen MR) is 99.0 cm³/mol. The van der Waals surface area contributed by atoms with E-state index in [0.29, 0.717) is 18.6 Å². The second-order valence-electron chi connectivity index (χ2n) is 7.04. The standard InChI is InChI=1S/C20H25ClN2O2/c1-2-13-4-3-5-17(21)18(13)19-16(20(25-23-19)14-6-7-14)12-24-15-8-10-22-11-9-15/h3-5,14-15,22H,2,6-12H2,1H3. The van der Waals surface area contributed by atoms with Gasteiger partial charge in [-0.2, -0.15) is 0 Å². The molecule has 0 atom stereocenters. The van der Waals surface area contributed by atoms with Gasteiger partial charge in [-0.3, -0.25) is 0 Å². The number of benzene rings is 1. The van der Waals surface area contributed by atoms with Gasteiger partial charge in [0.05, 0.1) is 17.7 Å². The van der Waals surface area contributed by atoms with Crippen molar-refractivity contribution in [1.82, 2.24) is 10.5 Å². The van der Waals surface area contributed by atoms with Gasteiger partial charge in [0.2, 0.25) is 0 Å². The van der Waals surface area contributed by atoms with Crippen LogP contribution in [0.4, 0.5) is 0 Å². The third kappa shape index (κ3) is 3.62. The Kier molecular flexibility index (Phi) is 5.11. The Labute approximate surface area is 153 Å². The van der Waals surface area contributed by atoms with E-state index in [2.05, 4.69) is 23.5 Å². The van der Waals surface area contributed by atoms with E-state index < -0.39 is 0 Å². The molecule has 2 aliphatic rings. The summed E-state index contributed by atoms with van der Waals surface area (Å²) < 4.78 is 12.0. The maximum Gasteiger partial charge on any atom is 0.145 e. The molecule has 1 aromatic heterocycles. The first kappa shape index (κ1) is 17.1. The third-order valence-corrected chi connectivity index (χ3v) is 5.55. The minimum atomic E-state index is 0.313. The summed E-state index contributed by atoms with van der Waals surface area (Å²) in [5, 5.41) is 8.54. The van der Waals surface area contributed by atoms with Gasteiger partial charge in [-0.25, -0.2) is 0 Å². The van der Waals surface area contributed by atoms with E-state index in [1.54, 1.807) is 0 Å². The maximum absolute atomic E-state index is 6.54. The van der Waals surface area contributed by atoms with Gasteiger partial charge in [-0.15, -0.1) is 0 Å². The largest absolute Gasteiger partial charge is 0.373 e. The van der Waals surface area contributed by atoms with Crippen LogP contribution in [-0.2, 0) is 17.8 Å². The molecule has 134 valence electrons. The molecule has 5 heteroatoms. The summed E-state index contributed by atoms with van der Waals surface area (Å²) in [7, 11) is 0. The van der Waals surface area contributed by atoms with Crippen molar-refractivity contribution in [2.75, 3.05) is 13.1 Å². The highest BCUT2D eigenvalue weighted by atomic mass is 35.5. The summed E-state index contributed by atoms with van der Waals surface area (Å²) in [6.45, 7) is 4.76. The number of aryl methyl sites for hydroxylation is 1. The highest BCUT2D eigenvalue weighted by Gasteiger charge is 2.33. The van der Waals surface area contributed by atoms with Crippen molar-refractivity contribution in [2.24, 2.45) is 0 Å². The van der Waals surface area contributed by atoms with Crippen molar-refractivity contribution in [3.63, 3.8) is 0 Å². The molecule has 0 spiro atoms. The van der Waals surface area contributed by atoms with Crippen molar-refractivity contribution < 1.29 is 9.26 Å². The van der Waals surface area contributed by atoms with E-state index in [0.717, 1.165) is 60.0 Å². The molecule has 2 aromatic rings. The number of nitrogens with zero attached hydrogens (tertiary/aromatic N) is 1. The summed E-state index contributed by atoms with van der Waals surface area (Å²) in [6.07, 6.45) is 5.71. The zero-order chi connectivity index (χ0) is 17.2. The Morgan fingerprint density at radius 2 is 2.04 bits per heavy atom. The van der Waals surface area contributed by atoms with E-state index in [4.69, 9.17) is 20.9 Å². The fourth-order valence-corrected chi connectivity index (χ4v) is 3.90. The average molecular weight is 361 g/mol. The van der Waals surface area contributed by atoms with Gasteiger partial charge in [-0.05, 0) is 56.8 Å². The monoisotopic (exact) mass is 360 g/mol. The molecule has 1 aliphatic heterocycles. The molecule has 1 N–H and O–H groups in total. The lowest BCUT2D eigenvalue weighted by Gasteiger charge is -2.23. The van der Waals surface area contributed by atoms with Crippen molar-refractivity contribution in [2.45, 2.75) is 57.7 Å². The number of piperidine rings is 1. The van der Waals surface area contributed by atoms with Crippen LogP contribution >= 0.6 is 11.6 Å². The van der Waals surface area contributed by atoms with E-state index in [1.807, 2.05) is 12.1 Å². The highest BCUT2D eigenvalue weighted by molar-refractivity contribution is 6.33.